The number of hydrogen-bond acceptors (Lipinski definition) is 3. The number of rotatable bonds is 4. The maximum absolute atomic E-state index is 12.2. The molecule has 1 aromatic rings. The van der Waals surface area contributed by atoms with Crippen molar-refractivity contribution in [3.05, 3.63) is 24.3 Å². The van der Waals surface area contributed by atoms with Gasteiger partial charge in [-0.15, -0.1) is 11.8 Å². The van der Waals surface area contributed by atoms with Crippen molar-refractivity contribution >= 4 is 23.4 Å². The van der Waals surface area contributed by atoms with E-state index in [0.29, 0.717) is 0 Å². The van der Waals surface area contributed by atoms with Crippen LogP contribution in [0.25, 0.3) is 0 Å². The summed E-state index contributed by atoms with van der Waals surface area (Å²) in [6, 6.07) is 8.02. The first-order valence-electron chi connectivity index (χ1n) is 6.40. The number of nitrogens with one attached hydrogen (secondary N) is 1. The molecule has 4 heteroatoms. The lowest BCUT2D eigenvalue weighted by molar-refractivity contribution is -0.130. The van der Waals surface area contributed by atoms with E-state index in [1.165, 1.54) is 4.90 Å². The summed E-state index contributed by atoms with van der Waals surface area (Å²) in [7, 11) is 0. The van der Waals surface area contributed by atoms with E-state index in [9.17, 15) is 4.79 Å². The molecule has 1 atom stereocenters. The summed E-state index contributed by atoms with van der Waals surface area (Å²) >= 11 is 1.71. The molecule has 0 bridgehead atoms. The lowest BCUT2D eigenvalue weighted by atomic mass is 10.2. The van der Waals surface area contributed by atoms with Crippen LogP contribution in [0.5, 0.6) is 0 Å². The molecule has 0 radical (unpaired) electrons. The molecule has 3 nitrogen and oxygen atoms in total. The van der Waals surface area contributed by atoms with Gasteiger partial charge >= 0.3 is 0 Å². The number of carbonyl (C=O) groups excluding carboxylic acids is 1. The number of benzene rings is 1. The second kappa shape index (κ2) is 6.14. The molecule has 1 aliphatic heterocycles. The van der Waals surface area contributed by atoms with E-state index < -0.39 is 0 Å². The van der Waals surface area contributed by atoms with Gasteiger partial charge in [-0.1, -0.05) is 6.07 Å². The molecular formula is C14H20N2OS. The van der Waals surface area contributed by atoms with Gasteiger partial charge in [-0.05, 0) is 44.2 Å². The van der Waals surface area contributed by atoms with Gasteiger partial charge < -0.3 is 10.2 Å². The average Bonchev–Trinajstić information content (AvgIpc) is 2.92. The monoisotopic (exact) mass is 264 g/mol. The Morgan fingerprint density at radius 2 is 2.11 bits per heavy atom. The third-order valence-corrected chi connectivity index (χ3v) is 3.97. The van der Waals surface area contributed by atoms with Crippen molar-refractivity contribution in [3.63, 3.8) is 0 Å². The van der Waals surface area contributed by atoms with E-state index in [0.717, 1.165) is 31.6 Å². The number of amides is 1. The minimum absolute atomic E-state index is 0.153. The quantitative estimate of drug-likeness (QED) is 0.849. The first kappa shape index (κ1) is 13.3. The zero-order chi connectivity index (χ0) is 13.0. The highest BCUT2D eigenvalue weighted by Crippen LogP contribution is 2.20. The van der Waals surface area contributed by atoms with Gasteiger partial charge in [-0.2, -0.15) is 0 Å². The van der Waals surface area contributed by atoms with Crippen LogP contribution in [0.15, 0.2) is 29.2 Å². The van der Waals surface area contributed by atoms with Crippen molar-refractivity contribution in [1.82, 2.24) is 4.90 Å². The molecule has 1 N–H and O–H groups in total. The van der Waals surface area contributed by atoms with Crippen LogP contribution >= 0.6 is 11.8 Å². The molecule has 0 aliphatic carbocycles. The number of hydrogen-bond donors (Lipinski definition) is 1. The van der Waals surface area contributed by atoms with E-state index in [1.54, 1.807) is 11.8 Å². The van der Waals surface area contributed by atoms with Crippen LogP contribution in [-0.4, -0.2) is 36.2 Å². The first-order chi connectivity index (χ1) is 8.70. The zero-order valence-corrected chi connectivity index (χ0v) is 11.8. The molecule has 98 valence electrons. The van der Waals surface area contributed by atoms with Crippen molar-refractivity contribution in [1.29, 1.82) is 0 Å². The summed E-state index contributed by atoms with van der Waals surface area (Å²) in [6.07, 6.45) is 4.33. The maximum atomic E-state index is 12.2. The van der Waals surface area contributed by atoms with Gasteiger partial charge in [0.1, 0.15) is 6.04 Å². The summed E-state index contributed by atoms with van der Waals surface area (Å²) in [5.74, 6) is 0.210. The number of anilines is 1. The van der Waals surface area contributed by atoms with Gasteiger partial charge in [0.25, 0.3) is 0 Å². The Bertz CT molecular complexity index is 416. The van der Waals surface area contributed by atoms with Crippen LogP contribution in [-0.2, 0) is 4.79 Å². The van der Waals surface area contributed by atoms with Gasteiger partial charge in [0.15, 0.2) is 0 Å². The van der Waals surface area contributed by atoms with Crippen molar-refractivity contribution in [2.24, 2.45) is 0 Å². The minimum Gasteiger partial charge on any atom is -0.374 e. The highest BCUT2D eigenvalue weighted by Gasteiger charge is 2.22. The fourth-order valence-corrected chi connectivity index (χ4v) is 2.70. The van der Waals surface area contributed by atoms with E-state index in [4.69, 9.17) is 0 Å². The Labute approximate surface area is 113 Å². The van der Waals surface area contributed by atoms with Crippen LogP contribution < -0.4 is 5.32 Å². The second-order valence-corrected chi connectivity index (χ2v) is 5.51. The number of carbonyl (C=O) groups is 1. The van der Waals surface area contributed by atoms with Gasteiger partial charge in [0, 0.05) is 23.7 Å². The van der Waals surface area contributed by atoms with Crippen LogP contribution in [0.1, 0.15) is 19.8 Å². The number of nitrogens with zero attached hydrogens (tertiary/aromatic N) is 1. The van der Waals surface area contributed by atoms with E-state index in [1.807, 2.05) is 24.0 Å². The van der Waals surface area contributed by atoms with E-state index >= 15 is 0 Å². The Morgan fingerprint density at radius 3 is 2.78 bits per heavy atom. The Hall–Kier alpha value is -1.16. The van der Waals surface area contributed by atoms with Crippen molar-refractivity contribution < 1.29 is 4.79 Å². The molecule has 0 aromatic heterocycles. The van der Waals surface area contributed by atoms with Crippen molar-refractivity contribution in [2.45, 2.75) is 30.7 Å². The molecular weight excluding hydrogens is 244 g/mol. The van der Waals surface area contributed by atoms with Crippen LogP contribution in [0.2, 0.25) is 0 Å². The van der Waals surface area contributed by atoms with Crippen LogP contribution in [0.3, 0.4) is 0 Å². The highest BCUT2D eigenvalue weighted by atomic mass is 32.2. The predicted molar refractivity (Wildman–Crippen MR) is 77.1 cm³/mol. The van der Waals surface area contributed by atoms with Crippen LogP contribution in [0, 0.1) is 0 Å². The smallest absolute Gasteiger partial charge is 0.244 e. The zero-order valence-electron chi connectivity index (χ0n) is 11.0. The van der Waals surface area contributed by atoms with E-state index in [-0.39, 0.29) is 11.9 Å². The third-order valence-electron chi connectivity index (χ3n) is 3.24. The van der Waals surface area contributed by atoms with Crippen molar-refractivity contribution in [2.75, 3.05) is 24.7 Å². The number of thioether (sulfide) groups is 1. The predicted octanol–water partition coefficient (Wildman–Crippen LogP) is 2.83. The molecule has 2 rings (SSSR count). The topological polar surface area (TPSA) is 32.3 Å². The van der Waals surface area contributed by atoms with Gasteiger partial charge in [0.05, 0.1) is 0 Å². The van der Waals surface area contributed by atoms with Gasteiger partial charge in [0.2, 0.25) is 5.91 Å². The summed E-state index contributed by atoms with van der Waals surface area (Å²) in [5, 5.41) is 3.29. The fourth-order valence-electron chi connectivity index (χ4n) is 2.24. The van der Waals surface area contributed by atoms with E-state index in [2.05, 4.69) is 23.7 Å². The molecule has 1 aromatic carbocycles. The molecule has 1 heterocycles. The molecule has 1 aliphatic rings. The third kappa shape index (κ3) is 3.19. The second-order valence-electron chi connectivity index (χ2n) is 4.63. The lowest BCUT2D eigenvalue weighted by Crippen LogP contribution is -2.39. The Morgan fingerprint density at radius 1 is 1.39 bits per heavy atom. The maximum Gasteiger partial charge on any atom is 0.244 e. The minimum atomic E-state index is -0.153. The van der Waals surface area contributed by atoms with Gasteiger partial charge in [-0.3, -0.25) is 4.79 Å². The first-order valence-corrected chi connectivity index (χ1v) is 7.62. The lowest BCUT2D eigenvalue weighted by Gasteiger charge is -2.22. The average molecular weight is 264 g/mol. The molecule has 0 spiro atoms. The molecule has 18 heavy (non-hydrogen) atoms. The normalized spacial score (nSPS) is 16.7. The molecule has 0 saturated carbocycles. The number of likely N-dealkylation sites (tertiary alicyclic amines) is 1. The summed E-state index contributed by atoms with van der Waals surface area (Å²) in [4.78, 5) is 15.3. The Balaban J connectivity index is 1.97. The van der Waals surface area contributed by atoms with Crippen molar-refractivity contribution in [3.8, 4) is 0 Å². The molecule has 1 amide bonds. The standard InChI is InChI=1S/C14H20N2OS/c1-11(14(17)16-8-3-4-9-16)15-12-6-5-7-13(10-12)18-2/h5-7,10-11,15H,3-4,8-9H2,1-2H3. The Kier molecular flexibility index (Phi) is 4.53. The van der Waals surface area contributed by atoms with Gasteiger partial charge in [-0.25, -0.2) is 0 Å². The summed E-state index contributed by atoms with van der Waals surface area (Å²) in [5.41, 5.74) is 1.02. The van der Waals surface area contributed by atoms with Crippen LogP contribution in [0.4, 0.5) is 5.69 Å². The fraction of sp³-hybridized carbons (Fsp3) is 0.500. The highest BCUT2D eigenvalue weighted by molar-refractivity contribution is 7.98. The molecule has 1 fully saturated rings. The molecule has 1 unspecified atom stereocenters. The summed E-state index contributed by atoms with van der Waals surface area (Å²) < 4.78 is 0. The molecule has 1 saturated heterocycles. The summed E-state index contributed by atoms with van der Waals surface area (Å²) in [6.45, 7) is 3.76. The SMILES string of the molecule is CSc1cccc(NC(C)C(=O)N2CCCC2)c1. The largest absolute Gasteiger partial charge is 0.374 e.